The van der Waals surface area contributed by atoms with Crippen LogP contribution in [0.1, 0.15) is 28.3 Å². The molecule has 0 amide bonds. The number of ether oxygens (including phenoxy) is 2. The van der Waals surface area contributed by atoms with Gasteiger partial charge in [0.05, 0.1) is 19.3 Å². The van der Waals surface area contributed by atoms with E-state index in [1.165, 1.54) is 18.6 Å². The minimum absolute atomic E-state index is 0.112. The number of esters is 2. The van der Waals surface area contributed by atoms with E-state index in [1.54, 1.807) is 6.92 Å². The van der Waals surface area contributed by atoms with Gasteiger partial charge in [-0.05, 0) is 13.0 Å². The van der Waals surface area contributed by atoms with E-state index in [0.717, 1.165) is 11.3 Å². The van der Waals surface area contributed by atoms with Gasteiger partial charge in [-0.25, -0.2) is 9.59 Å². The van der Waals surface area contributed by atoms with Crippen molar-refractivity contribution in [1.82, 2.24) is 0 Å². The summed E-state index contributed by atoms with van der Waals surface area (Å²) < 4.78 is 9.09. The van der Waals surface area contributed by atoms with E-state index in [9.17, 15) is 19.8 Å². The Hall–Kier alpha value is -1.44. The van der Waals surface area contributed by atoms with Crippen molar-refractivity contribution in [2.24, 2.45) is 0 Å². The molecule has 0 aromatic carbocycles. The van der Waals surface area contributed by atoms with Gasteiger partial charge < -0.3 is 19.7 Å². The van der Waals surface area contributed by atoms with Crippen LogP contribution >= 0.6 is 11.3 Å². The molecule has 0 aliphatic carbocycles. The summed E-state index contributed by atoms with van der Waals surface area (Å²) in [6, 6.07) is 1.36. The number of hydrogen-bond donors (Lipinski definition) is 2. The third-order valence-electron chi connectivity index (χ3n) is 2.16. The van der Waals surface area contributed by atoms with Crippen LogP contribution in [0.3, 0.4) is 0 Å². The summed E-state index contributed by atoms with van der Waals surface area (Å²) in [5, 5.41) is 20.8. The third kappa shape index (κ3) is 3.28. The van der Waals surface area contributed by atoms with Gasteiger partial charge in [0, 0.05) is 10.3 Å². The SMILES string of the molecule is CCOC(=O)C(O)C(O)c1cc(C(=O)OC)cs1. The molecule has 0 aliphatic heterocycles. The monoisotopic (exact) mass is 274 g/mol. The fraction of sp³-hybridized carbons (Fsp3) is 0.455. The molecule has 6 nitrogen and oxygen atoms in total. The van der Waals surface area contributed by atoms with Gasteiger partial charge in [0.2, 0.25) is 0 Å². The molecule has 2 atom stereocenters. The first kappa shape index (κ1) is 14.6. The zero-order valence-corrected chi connectivity index (χ0v) is 10.8. The van der Waals surface area contributed by atoms with E-state index >= 15 is 0 Å². The molecule has 1 aromatic rings. The molecule has 0 saturated heterocycles. The standard InChI is InChI=1S/C11H14O6S/c1-3-17-11(15)9(13)8(12)7-4-6(5-18-7)10(14)16-2/h4-5,8-9,12-13H,3H2,1-2H3. The second-order valence-corrected chi connectivity index (χ2v) is 4.31. The van der Waals surface area contributed by atoms with Crippen LogP contribution in [0.2, 0.25) is 0 Å². The van der Waals surface area contributed by atoms with Gasteiger partial charge >= 0.3 is 11.9 Å². The van der Waals surface area contributed by atoms with E-state index in [2.05, 4.69) is 9.47 Å². The van der Waals surface area contributed by atoms with Gasteiger partial charge in [-0.1, -0.05) is 0 Å². The number of carbonyl (C=O) groups is 2. The first-order valence-electron chi connectivity index (χ1n) is 5.20. The summed E-state index contributed by atoms with van der Waals surface area (Å²) in [5.74, 6) is -1.45. The summed E-state index contributed by atoms with van der Waals surface area (Å²) in [6.07, 6.45) is -3.10. The molecule has 100 valence electrons. The minimum Gasteiger partial charge on any atom is -0.465 e. The van der Waals surface area contributed by atoms with Crippen molar-refractivity contribution in [2.75, 3.05) is 13.7 Å². The molecule has 0 spiro atoms. The lowest BCUT2D eigenvalue weighted by atomic mass is 10.1. The number of methoxy groups -OCH3 is 1. The molecule has 2 unspecified atom stereocenters. The van der Waals surface area contributed by atoms with E-state index in [0.29, 0.717) is 0 Å². The molecule has 18 heavy (non-hydrogen) atoms. The summed E-state index contributed by atoms with van der Waals surface area (Å²) in [4.78, 5) is 22.7. The molecular weight excluding hydrogens is 260 g/mol. The van der Waals surface area contributed by atoms with Crippen LogP contribution in [-0.4, -0.2) is 42.0 Å². The molecule has 2 N–H and O–H groups in total. The van der Waals surface area contributed by atoms with Gasteiger partial charge in [0.25, 0.3) is 0 Å². The van der Waals surface area contributed by atoms with E-state index in [-0.39, 0.29) is 17.0 Å². The molecule has 0 radical (unpaired) electrons. The highest BCUT2D eigenvalue weighted by Crippen LogP contribution is 2.25. The molecule has 0 aliphatic rings. The van der Waals surface area contributed by atoms with Crippen LogP contribution in [0, 0.1) is 0 Å². The average molecular weight is 274 g/mol. The molecule has 0 saturated carbocycles. The van der Waals surface area contributed by atoms with Crippen molar-refractivity contribution in [3.05, 3.63) is 21.9 Å². The van der Waals surface area contributed by atoms with Gasteiger partial charge in [-0.3, -0.25) is 0 Å². The van der Waals surface area contributed by atoms with Crippen LogP contribution in [0.5, 0.6) is 0 Å². The number of carbonyl (C=O) groups excluding carboxylic acids is 2. The predicted molar refractivity (Wildman–Crippen MR) is 63.3 cm³/mol. The topological polar surface area (TPSA) is 93.1 Å². The quantitative estimate of drug-likeness (QED) is 0.759. The second-order valence-electron chi connectivity index (χ2n) is 3.37. The molecule has 1 aromatic heterocycles. The van der Waals surface area contributed by atoms with Crippen molar-refractivity contribution >= 4 is 23.3 Å². The fourth-order valence-corrected chi connectivity index (χ4v) is 2.14. The largest absolute Gasteiger partial charge is 0.465 e. The zero-order valence-electron chi connectivity index (χ0n) is 9.95. The summed E-state index contributed by atoms with van der Waals surface area (Å²) in [7, 11) is 1.24. The maximum Gasteiger partial charge on any atom is 0.338 e. The van der Waals surface area contributed by atoms with Gasteiger partial charge in [0.15, 0.2) is 6.10 Å². The fourth-order valence-electron chi connectivity index (χ4n) is 1.24. The Morgan fingerprint density at radius 1 is 1.44 bits per heavy atom. The molecule has 1 heterocycles. The van der Waals surface area contributed by atoms with Crippen molar-refractivity contribution in [3.8, 4) is 0 Å². The number of rotatable bonds is 5. The first-order chi connectivity index (χ1) is 8.51. The Kier molecular flexibility index (Phi) is 5.26. The Morgan fingerprint density at radius 2 is 2.11 bits per heavy atom. The van der Waals surface area contributed by atoms with Crippen LogP contribution in [0.4, 0.5) is 0 Å². The Balaban J connectivity index is 2.77. The molecular formula is C11H14O6S. The van der Waals surface area contributed by atoms with E-state index in [4.69, 9.17) is 0 Å². The second kappa shape index (κ2) is 6.48. The maximum absolute atomic E-state index is 11.2. The lowest BCUT2D eigenvalue weighted by Crippen LogP contribution is -2.29. The smallest absolute Gasteiger partial charge is 0.338 e. The summed E-state index contributed by atoms with van der Waals surface area (Å²) >= 11 is 1.05. The van der Waals surface area contributed by atoms with E-state index in [1.807, 2.05) is 0 Å². The van der Waals surface area contributed by atoms with Crippen molar-refractivity contribution in [1.29, 1.82) is 0 Å². The minimum atomic E-state index is -1.67. The molecule has 0 bridgehead atoms. The Bertz CT molecular complexity index is 427. The zero-order chi connectivity index (χ0) is 13.7. The van der Waals surface area contributed by atoms with Crippen LogP contribution in [-0.2, 0) is 14.3 Å². The highest BCUT2D eigenvalue weighted by molar-refractivity contribution is 7.10. The van der Waals surface area contributed by atoms with E-state index < -0.39 is 24.1 Å². The Labute approximate surface area is 108 Å². The number of hydrogen-bond acceptors (Lipinski definition) is 7. The number of aliphatic hydroxyl groups is 2. The molecule has 0 fully saturated rings. The lowest BCUT2D eigenvalue weighted by molar-refractivity contribution is -0.159. The predicted octanol–water partition coefficient (Wildman–Crippen LogP) is 0.492. The normalized spacial score (nSPS) is 13.8. The third-order valence-corrected chi connectivity index (χ3v) is 3.16. The highest BCUT2D eigenvalue weighted by Gasteiger charge is 2.28. The van der Waals surface area contributed by atoms with Crippen LogP contribution in [0.15, 0.2) is 11.4 Å². The van der Waals surface area contributed by atoms with Crippen molar-refractivity contribution in [3.63, 3.8) is 0 Å². The maximum atomic E-state index is 11.2. The summed E-state index contributed by atoms with van der Waals surface area (Å²) in [6.45, 7) is 1.71. The average Bonchev–Trinajstić information content (AvgIpc) is 2.85. The lowest BCUT2D eigenvalue weighted by Gasteiger charge is -2.14. The number of thiophene rings is 1. The van der Waals surface area contributed by atoms with Crippen molar-refractivity contribution < 1.29 is 29.3 Å². The summed E-state index contributed by atoms with van der Waals surface area (Å²) in [5.41, 5.74) is 0.257. The van der Waals surface area contributed by atoms with Gasteiger partial charge in [-0.15, -0.1) is 11.3 Å². The number of aliphatic hydroxyl groups excluding tert-OH is 2. The van der Waals surface area contributed by atoms with Gasteiger partial charge in [-0.2, -0.15) is 0 Å². The highest BCUT2D eigenvalue weighted by atomic mass is 32.1. The Morgan fingerprint density at radius 3 is 2.67 bits per heavy atom. The van der Waals surface area contributed by atoms with Gasteiger partial charge in [0.1, 0.15) is 6.10 Å². The first-order valence-corrected chi connectivity index (χ1v) is 6.08. The van der Waals surface area contributed by atoms with Crippen LogP contribution in [0.25, 0.3) is 0 Å². The van der Waals surface area contributed by atoms with Crippen LogP contribution < -0.4 is 0 Å². The van der Waals surface area contributed by atoms with Crippen molar-refractivity contribution in [2.45, 2.75) is 19.1 Å². The molecule has 7 heteroatoms. The molecule has 1 rings (SSSR count).